The minimum Gasteiger partial charge on any atom is -0.342 e. The summed E-state index contributed by atoms with van der Waals surface area (Å²) >= 11 is 0. The Morgan fingerprint density at radius 2 is 1.88 bits per heavy atom. The van der Waals surface area contributed by atoms with Crippen molar-refractivity contribution < 1.29 is 4.79 Å². The van der Waals surface area contributed by atoms with Crippen LogP contribution in [0.5, 0.6) is 0 Å². The summed E-state index contributed by atoms with van der Waals surface area (Å²) in [5.74, 6) is 0.801. The molecule has 1 amide bonds. The van der Waals surface area contributed by atoms with Gasteiger partial charge >= 0.3 is 0 Å². The fourth-order valence-electron chi connectivity index (χ4n) is 3.20. The van der Waals surface area contributed by atoms with E-state index in [0.29, 0.717) is 5.56 Å². The van der Waals surface area contributed by atoms with Gasteiger partial charge in [-0.15, -0.1) is 0 Å². The van der Waals surface area contributed by atoms with Gasteiger partial charge in [0.25, 0.3) is 5.91 Å². The van der Waals surface area contributed by atoms with E-state index in [1.807, 2.05) is 25.1 Å². The molecule has 0 saturated carbocycles. The molecule has 26 heavy (non-hydrogen) atoms. The van der Waals surface area contributed by atoms with Crippen LogP contribution in [0.1, 0.15) is 61.8 Å². The lowest BCUT2D eigenvalue weighted by molar-refractivity contribution is 0.0937. The lowest BCUT2D eigenvalue weighted by atomic mass is 10.2. The maximum absolute atomic E-state index is 12.5. The maximum Gasteiger partial charge on any atom is 0.251 e. The molecule has 0 bridgehead atoms. The second kappa shape index (κ2) is 8.61. The molecule has 0 aliphatic rings. The zero-order valence-corrected chi connectivity index (χ0v) is 15.5. The number of aryl methyl sites for hydroxylation is 1. The van der Waals surface area contributed by atoms with Crippen LogP contribution < -0.4 is 5.32 Å². The second-order valence-corrected chi connectivity index (χ2v) is 6.60. The number of rotatable bonds is 8. The number of fused-ring (bicyclic) bond motifs is 1. The van der Waals surface area contributed by atoms with E-state index >= 15 is 0 Å². The number of amides is 1. The number of hydrogen-bond donors (Lipinski definition) is 1. The first kappa shape index (κ1) is 18.1. The molecule has 3 aromatic rings. The van der Waals surface area contributed by atoms with Crippen LogP contribution in [0.25, 0.3) is 11.0 Å². The zero-order chi connectivity index (χ0) is 18.4. The SMILES string of the molecule is CCCCCCn1c(C(C)NC(=O)c2ccncc2)nc2ccccc21. The third kappa shape index (κ3) is 4.10. The van der Waals surface area contributed by atoms with Crippen molar-refractivity contribution in [2.24, 2.45) is 0 Å². The van der Waals surface area contributed by atoms with Crippen molar-refractivity contribution in [1.82, 2.24) is 19.9 Å². The topological polar surface area (TPSA) is 59.8 Å². The number of imidazole rings is 1. The number of aromatic nitrogens is 3. The van der Waals surface area contributed by atoms with E-state index in [-0.39, 0.29) is 11.9 Å². The predicted molar refractivity (Wildman–Crippen MR) is 104 cm³/mol. The third-order valence-electron chi connectivity index (χ3n) is 4.60. The van der Waals surface area contributed by atoms with Crippen molar-refractivity contribution >= 4 is 16.9 Å². The number of pyridine rings is 1. The Hall–Kier alpha value is -2.69. The molecule has 2 heterocycles. The lowest BCUT2D eigenvalue weighted by Gasteiger charge is -2.16. The first-order chi connectivity index (χ1) is 12.7. The number of benzene rings is 1. The van der Waals surface area contributed by atoms with Crippen molar-refractivity contribution in [1.29, 1.82) is 0 Å². The van der Waals surface area contributed by atoms with Crippen LogP contribution in [0.4, 0.5) is 0 Å². The summed E-state index contributed by atoms with van der Waals surface area (Å²) in [7, 11) is 0. The Balaban J connectivity index is 1.82. The van der Waals surface area contributed by atoms with Crippen LogP contribution in [-0.4, -0.2) is 20.4 Å². The summed E-state index contributed by atoms with van der Waals surface area (Å²) in [5.41, 5.74) is 2.71. The number of nitrogens with one attached hydrogen (secondary N) is 1. The molecule has 1 N–H and O–H groups in total. The molecular formula is C21H26N4O. The fourth-order valence-corrected chi connectivity index (χ4v) is 3.20. The number of carbonyl (C=O) groups excluding carboxylic acids is 1. The minimum absolute atomic E-state index is 0.107. The van der Waals surface area contributed by atoms with Gasteiger partial charge in [-0.05, 0) is 37.6 Å². The van der Waals surface area contributed by atoms with Crippen molar-refractivity contribution in [2.45, 2.75) is 52.1 Å². The molecule has 0 fully saturated rings. The molecule has 0 radical (unpaired) electrons. The predicted octanol–water partition coefficient (Wildman–Crippen LogP) is 4.50. The summed E-state index contributed by atoms with van der Waals surface area (Å²) in [5, 5.41) is 3.07. The molecule has 0 aliphatic heterocycles. The first-order valence-corrected chi connectivity index (χ1v) is 9.36. The lowest BCUT2D eigenvalue weighted by Crippen LogP contribution is -2.28. The van der Waals surface area contributed by atoms with Gasteiger partial charge in [0.1, 0.15) is 5.82 Å². The van der Waals surface area contributed by atoms with Crippen molar-refractivity contribution in [3.05, 3.63) is 60.2 Å². The van der Waals surface area contributed by atoms with Crippen LogP contribution in [0.2, 0.25) is 0 Å². The number of hydrogen-bond acceptors (Lipinski definition) is 3. The summed E-state index contributed by atoms with van der Waals surface area (Å²) in [4.78, 5) is 21.2. The second-order valence-electron chi connectivity index (χ2n) is 6.60. The van der Waals surface area contributed by atoms with E-state index in [0.717, 1.165) is 29.8 Å². The van der Waals surface area contributed by atoms with Crippen LogP contribution in [-0.2, 0) is 6.54 Å². The highest BCUT2D eigenvalue weighted by Gasteiger charge is 2.18. The monoisotopic (exact) mass is 350 g/mol. The van der Waals surface area contributed by atoms with E-state index in [2.05, 4.69) is 27.9 Å². The average molecular weight is 350 g/mol. The Morgan fingerprint density at radius 1 is 1.12 bits per heavy atom. The van der Waals surface area contributed by atoms with Gasteiger partial charge in [-0.25, -0.2) is 4.98 Å². The van der Waals surface area contributed by atoms with Gasteiger partial charge in [0.15, 0.2) is 0 Å². The fraction of sp³-hybridized carbons (Fsp3) is 0.381. The molecule has 2 aromatic heterocycles. The molecule has 1 unspecified atom stereocenters. The highest BCUT2D eigenvalue weighted by molar-refractivity contribution is 5.94. The van der Waals surface area contributed by atoms with Gasteiger partial charge in [-0.3, -0.25) is 9.78 Å². The third-order valence-corrected chi connectivity index (χ3v) is 4.60. The first-order valence-electron chi connectivity index (χ1n) is 9.36. The van der Waals surface area contributed by atoms with Crippen molar-refractivity contribution in [3.8, 4) is 0 Å². The number of carbonyl (C=O) groups is 1. The normalized spacial score (nSPS) is 12.2. The number of nitrogens with zero attached hydrogens (tertiary/aromatic N) is 3. The van der Waals surface area contributed by atoms with Crippen molar-refractivity contribution in [3.63, 3.8) is 0 Å². The number of para-hydroxylation sites is 2. The minimum atomic E-state index is -0.172. The Morgan fingerprint density at radius 3 is 2.65 bits per heavy atom. The molecule has 3 rings (SSSR count). The van der Waals surface area contributed by atoms with E-state index in [1.54, 1.807) is 24.5 Å². The molecule has 5 nitrogen and oxygen atoms in total. The van der Waals surface area contributed by atoms with Crippen LogP contribution in [0, 0.1) is 0 Å². The molecule has 0 saturated heterocycles. The van der Waals surface area contributed by atoms with E-state index in [1.165, 1.54) is 19.3 Å². The quantitative estimate of drug-likeness (QED) is 0.608. The molecular weight excluding hydrogens is 324 g/mol. The Kier molecular flexibility index (Phi) is 6.00. The molecule has 0 aliphatic carbocycles. The summed E-state index contributed by atoms with van der Waals surface area (Å²) in [6.07, 6.45) is 8.05. The Bertz CT molecular complexity index is 857. The highest BCUT2D eigenvalue weighted by Crippen LogP contribution is 2.22. The standard InChI is InChI=1S/C21H26N4O/c1-3-4-5-8-15-25-19-10-7-6-9-18(19)24-20(25)16(2)23-21(26)17-11-13-22-14-12-17/h6-7,9-14,16H,3-5,8,15H2,1-2H3,(H,23,26). The van der Waals surface area contributed by atoms with E-state index in [9.17, 15) is 4.79 Å². The molecule has 136 valence electrons. The Labute approximate surface area is 154 Å². The smallest absolute Gasteiger partial charge is 0.251 e. The summed E-state index contributed by atoms with van der Waals surface area (Å²) in [6, 6.07) is 11.4. The van der Waals surface area contributed by atoms with E-state index in [4.69, 9.17) is 4.98 Å². The number of unbranched alkanes of at least 4 members (excludes halogenated alkanes) is 3. The molecule has 1 aromatic carbocycles. The average Bonchev–Trinajstić information content (AvgIpc) is 3.05. The van der Waals surface area contributed by atoms with Crippen LogP contribution in [0.15, 0.2) is 48.8 Å². The van der Waals surface area contributed by atoms with Crippen LogP contribution in [0.3, 0.4) is 0 Å². The van der Waals surface area contributed by atoms with Gasteiger partial charge in [0.2, 0.25) is 0 Å². The zero-order valence-electron chi connectivity index (χ0n) is 15.5. The maximum atomic E-state index is 12.5. The van der Waals surface area contributed by atoms with Gasteiger partial charge in [-0.1, -0.05) is 38.3 Å². The molecule has 1 atom stereocenters. The van der Waals surface area contributed by atoms with Crippen molar-refractivity contribution in [2.75, 3.05) is 0 Å². The van der Waals surface area contributed by atoms with Crippen LogP contribution >= 0.6 is 0 Å². The molecule has 0 spiro atoms. The van der Waals surface area contributed by atoms with Gasteiger partial charge in [-0.2, -0.15) is 0 Å². The highest BCUT2D eigenvalue weighted by atomic mass is 16.1. The van der Waals surface area contributed by atoms with E-state index < -0.39 is 0 Å². The van der Waals surface area contributed by atoms with Gasteiger partial charge in [0, 0.05) is 24.5 Å². The summed E-state index contributed by atoms with van der Waals surface area (Å²) < 4.78 is 2.25. The van der Waals surface area contributed by atoms with Gasteiger partial charge < -0.3 is 9.88 Å². The largest absolute Gasteiger partial charge is 0.342 e. The summed E-state index contributed by atoms with van der Waals surface area (Å²) in [6.45, 7) is 5.13. The molecule has 5 heteroatoms. The van der Waals surface area contributed by atoms with Gasteiger partial charge in [0.05, 0.1) is 17.1 Å².